The number of sulfonamides is 1. The molecule has 5 heteroatoms. The summed E-state index contributed by atoms with van der Waals surface area (Å²) in [5.41, 5.74) is 0.831. The van der Waals surface area contributed by atoms with Crippen LogP contribution in [0.3, 0.4) is 0 Å². The molecule has 0 aliphatic heterocycles. The maximum atomic E-state index is 11.2. The molecule has 0 radical (unpaired) electrons. The molecule has 0 atom stereocenters. The summed E-state index contributed by atoms with van der Waals surface area (Å²) in [5.74, 6) is 0.585. The molecule has 1 saturated carbocycles. The van der Waals surface area contributed by atoms with Crippen LogP contribution in [-0.4, -0.2) is 14.5 Å². The van der Waals surface area contributed by atoms with Gasteiger partial charge in [-0.15, -0.1) is 0 Å². The second kappa shape index (κ2) is 3.50. The summed E-state index contributed by atoms with van der Waals surface area (Å²) in [6.45, 7) is 1.81. The van der Waals surface area contributed by atoms with Crippen LogP contribution in [0, 0.1) is 6.92 Å². The van der Waals surface area contributed by atoms with Crippen molar-refractivity contribution in [3.8, 4) is 5.75 Å². The standard InChI is InChI=1S/C10H13NO3S/c1-7-4-9(14-8-2-3-8)6-10(5-7)15(11,12)13/h4-6,8H,2-3H2,1H3,(H2,11,12,13). The summed E-state index contributed by atoms with van der Waals surface area (Å²) in [7, 11) is -3.64. The lowest BCUT2D eigenvalue weighted by atomic mass is 10.2. The largest absolute Gasteiger partial charge is 0.490 e. The summed E-state index contributed by atoms with van der Waals surface area (Å²) in [6.07, 6.45) is 2.33. The maximum absolute atomic E-state index is 11.2. The highest BCUT2D eigenvalue weighted by Crippen LogP contribution is 2.28. The zero-order valence-corrected chi connectivity index (χ0v) is 9.25. The van der Waals surface area contributed by atoms with E-state index in [-0.39, 0.29) is 11.0 Å². The minimum absolute atomic E-state index is 0.109. The van der Waals surface area contributed by atoms with Crippen molar-refractivity contribution in [3.63, 3.8) is 0 Å². The van der Waals surface area contributed by atoms with E-state index in [9.17, 15) is 8.42 Å². The van der Waals surface area contributed by atoms with Gasteiger partial charge in [-0.1, -0.05) is 0 Å². The fourth-order valence-corrected chi connectivity index (χ4v) is 1.96. The molecule has 0 spiro atoms. The first-order valence-electron chi connectivity index (χ1n) is 4.76. The fourth-order valence-electron chi connectivity index (χ4n) is 1.32. The molecule has 1 aliphatic rings. The van der Waals surface area contributed by atoms with Crippen molar-refractivity contribution in [1.29, 1.82) is 0 Å². The van der Waals surface area contributed by atoms with Gasteiger partial charge in [0.05, 0.1) is 11.0 Å². The van der Waals surface area contributed by atoms with Gasteiger partial charge in [0, 0.05) is 6.07 Å². The lowest BCUT2D eigenvalue weighted by Crippen LogP contribution is -2.12. The van der Waals surface area contributed by atoms with E-state index in [2.05, 4.69) is 0 Å². The van der Waals surface area contributed by atoms with Gasteiger partial charge in [0.25, 0.3) is 0 Å². The predicted octanol–water partition coefficient (Wildman–Crippen LogP) is 1.18. The van der Waals surface area contributed by atoms with Gasteiger partial charge in [0.15, 0.2) is 0 Å². The molecule has 4 nitrogen and oxygen atoms in total. The fraction of sp³-hybridized carbons (Fsp3) is 0.400. The van der Waals surface area contributed by atoms with Crippen LogP contribution in [0.15, 0.2) is 23.1 Å². The molecule has 1 aromatic carbocycles. The number of benzene rings is 1. The molecule has 2 N–H and O–H groups in total. The quantitative estimate of drug-likeness (QED) is 0.843. The van der Waals surface area contributed by atoms with Gasteiger partial charge in [-0.2, -0.15) is 0 Å². The molecule has 1 aromatic rings. The first-order valence-corrected chi connectivity index (χ1v) is 6.31. The molecule has 0 heterocycles. The first-order chi connectivity index (χ1) is 6.95. The Morgan fingerprint density at radius 2 is 2.00 bits per heavy atom. The second-order valence-electron chi connectivity index (χ2n) is 3.84. The number of ether oxygens (including phenoxy) is 1. The Kier molecular flexibility index (Phi) is 2.44. The minimum Gasteiger partial charge on any atom is -0.490 e. The van der Waals surface area contributed by atoms with Crippen molar-refractivity contribution in [2.24, 2.45) is 5.14 Å². The van der Waals surface area contributed by atoms with Gasteiger partial charge in [-0.3, -0.25) is 0 Å². The van der Waals surface area contributed by atoms with E-state index in [4.69, 9.17) is 9.88 Å². The zero-order valence-electron chi connectivity index (χ0n) is 8.43. The van der Waals surface area contributed by atoms with Gasteiger partial charge in [0.1, 0.15) is 5.75 Å². The smallest absolute Gasteiger partial charge is 0.238 e. The van der Waals surface area contributed by atoms with E-state index in [1.807, 2.05) is 13.0 Å². The third kappa shape index (κ3) is 2.70. The van der Waals surface area contributed by atoms with Gasteiger partial charge in [-0.05, 0) is 37.5 Å². The zero-order chi connectivity index (χ0) is 11.1. The van der Waals surface area contributed by atoms with E-state index < -0.39 is 10.0 Å². The molecule has 82 valence electrons. The van der Waals surface area contributed by atoms with Crippen LogP contribution in [0.5, 0.6) is 5.75 Å². The van der Waals surface area contributed by atoms with Crippen molar-refractivity contribution >= 4 is 10.0 Å². The average molecular weight is 227 g/mol. The molecule has 0 aromatic heterocycles. The van der Waals surface area contributed by atoms with Gasteiger partial charge in [0.2, 0.25) is 10.0 Å². The minimum atomic E-state index is -3.64. The summed E-state index contributed by atoms with van der Waals surface area (Å²) in [6, 6.07) is 4.82. The Labute approximate surface area is 89.1 Å². The molecular weight excluding hydrogens is 214 g/mol. The average Bonchev–Trinajstić information content (AvgIpc) is 2.85. The number of primary sulfonamides is 1. The van der Waals surface area contributed by atoms with E-state index in [0.717, 1.165) is 18.4 Å². The summed E-state index contributed by atoms with van der Waals surface area (Å²) >= 11 is 0. The predicted molar refractivity (Wildman–Crippen MR) is 56.2 cm³/mol. The molecule has 15 heavy (non-hydrogen) atoms. The number of hydrogen-bond donors (Lipinski definition) is 1. The molecule has 0 saturated heterocycles. The van der Waals surface area contributed by atoms with Gasteiger partial charge < -0.3 is 4.74 Å². The highest BCUT2D eigenvalue weighted by molar-refractivity contribution is 7.89. The Morgan fingerprint density at radius 3 is 2.53 bits per heavy atom. The van der Waals surface area contributed by atoms with Crippen LogP contribution in [0.25, 0.3) is 0 Å². The van der Waals surface area contributed by atoms with E-state index >= 15 is 0 Å². The van der Waals surface area contributed by atoms with Crippen LogP contribution in [0.1, 0.15) is 18.4 Å². The van der Waals surface area contributed by atoms with Crippen molar-refractivity contribution < 1.29 is 13.2 Å². The first kappa shape index (κ1) is 10.4. The SMILES string of the molecule is Cc1cc(OC2CC2)cc(S(N)(=O)=O)c1. The van der Waals surface area contributed by atoms with Crippen LogP contribution in [0.4, 0.5) is 0 Å². The van der Waals surface area contributed by atoms with Crippen LogP contribution >= 0.6 is 0 Å². The van der Waals surface area contributed by atoms with Crippen molar-refractivity contribution in [3.05, 3.63) is 23.8 Å². The molecule has 2 rings (SSSR count). The third-order valence-corrected chi connectivity index (χ3v) is 3.07. The number of nitrogens with two attached hydrogens (primary N) is 1. The Hall–Kier alpha value is -1.07. The molecular formula is C10H13NO3S. The lowest BCUT2D eigenvalue weighted by Gasteiger charge is -2.07. The Balaban J connectivity index is 2.35. The molecule has 0 bridgehead atoms. The molecule has 1 fully saturated rings. The van der Waals surface area contributed by atoms with Gasteiger partial charge >= 0.3 is 0 Å². The lowest BCUT2D eigenvalue weighted by molar-refractivity contribution is 0.302. The van der Waals surface area contributed by atoms with Crippen LogP contribution in [0.2, 0.25) is 0 Å². The maximum Gasteiger partial charge on any atom is 0.238 e. The molecule has 1 aliphatic carbocycles. The van der Waals surface area contributed by atoms with Crippen molar-refractivity contribution in [2.45, 2.75) is 30.8 Å². The topological polar surface area (TPSA) is 69.4 Å². The van der Waals surface area contributed by atoms with E-state index in [0.29, 0.717) is 5.75 Å². The molecule has 0 amide bonds. The summed E-state index contributed by atoms with van der Waals surface area (Å²) < 4.78 is 27.8. The van der Waals surface area contributed by atoms with Crippen molar-refractivity contribution in [2.75, 3.05) is 0 Å². The van der Waals surface area contributed by atoms with Gasteiger partial charge in [-0.25, -0.2) is 13.6 Å². The van der Waals surface area contributed by atoms with Crippen LogP contribution < -0.4 is 9.88 Å². The third-order valence-electron chi connectivity index (χ3n) is 2.18. The molecule has 0 unspecified atom stereocenters. The normalized spacial score (nSPS) is 16.4. The number of aryl methyl sites for hydroxylation is 1. The monoisotopic (exact) mass is 227 g/mol. The Bertz CT molecular complexity index is 477. The van der Waals surface area contributed by atoms with Crippen molar-refractivity contribution in [1.82, 2.24) is 0 Å². The highest BCUT2D eigenvalue weighted by atomic mass is 32.2. The second-order valence-corrected chi connectivity index (χ2v) is 5.41. The van der Waals surface area contributed by atoms with E-state index in [1.54, 1.807) is 0 Å². The highest BCUT2D eigenvalue weighted by Gasteiger charge is 2.24. The van der Waals surface area contributed by atoms with Crippen LogP contribution in [-0.2, 0) is 10.0 Å². The van der Waals surface area contributed by atoms with E-state index in [1.165, 1.54) is 12.1 Å². The summed E-state index contributed by atoms with van der Waals surface area (Å²) in [5, 5.41) is 5.06. The number of rotatable bonds is 3. The number of hydrogen-bond acceptors (Lipinski definition) is 3. The summed E-state index contributed by atoms with van der Waals surface area (Å²) in [4.78, 5) is 0.109. The Morgan fingerprint density at radius 1 is 1.33 bits per heavy atom.